The maximum Gasteiger partial charge on any atom is 0.191 e. The van der Waals surface area contributed by atoms with Crippen LogP contribution in [0.2, 0.25) is 10.2 Å². The molecule has 0 amide bonds. The lowest BCUT2D eigenvalue weighted by atomic mass is 10.0. The van der Waals surface area contributed by atoms with Crippen molar-refractivity contribution in [3.8, 4) is 0 Å². The number of nitrogens with one attached hydrogen (secondary N) is 2. The van der Waals surface area contributed by atoms with Crippen molar-refractivity contribution in [2.24, 2.45) is 23.9 Å². The Bertz CT molecular complexity index is 827. The highest BCUT2D eigenvalue weighted by atomic mass is 35.5. The average Bonchev–Trinajstić information content (AvgIpc) is 3.06. The van der Waals surface area contributed by atoms with Crippen LogP contribution >= 0.6 is 23.2 Å². The van der Waals surface area contributed by atoms with E-state index in [1.165, 1.54) is 12.0 Å². The largest absolute Gasteiger partial charge is 0.356 e. The monoisotopic (exact) mass is 376 g/mol. The highest BCUT2D eigenvalue weighted by Gasteiger charge is 2.54. The molecule has 0 saturated heterocycles. The van der Waals surface area contributed by atoms with Crippen molar-refractivity contribution in [1.82, 2.24) is 15.2 Å². The summed E-state index contributed by atoms with van der Waals surface area (Å²) in [6.07, 6.45) is 1.22. The summed E-state index contributed by atoms with van der Waals surface area (Å²) in [7, 11) is 3.70. The summed E-state index contributed by atoms with van der Waals surface area (Å²) in [6.45, 7) is 1.58. The summed E-state index contributed by atoms with van der Waals surface area (Å²) in [5.74, 6) is 3.06. The predicted molar refractivity (Wildman–Crippen MR) is 104 cm³/mol. The normalized spacial score (nSPS) is 24.0. The highest BCUT2D eigenvalue weighted by Crippen LogP contribution is 2.60. The van der Waals surface area contributed by atoms with Gasteiger partial charge in [0.15, 0.2) is 5.96 Å². The molecular weight excluding hydrogens is 355 g/mol. The Morgan fingerprint density at radius 1 is 1.28 bits per heavy atom. The number of rotatable bonds is 4. The molecule has 3 atom stereocenters. The van der Waals surface area contributed by atoms with Gasteiger partial charge >= 0.3 is 0 Å². The Morgan fingerprint density at radius 2 is 2.08 bits per heavy atom. The molecule has 6 heteroatoms. The molecule has 0 spiro atoms. The summed E-state index contributed by atoms with van der Waals surface area (Å²) in [5.41, 5.74) is 4.11. The van der Waals surface area contributed by atoms with Crippen molar-refractivity contribution in [1.29, 1.82) is 0 Å². The molecule has 3 unspecified atom stereocenters. The number of aliphatic imine (C=N–C) groups is 1. The molecule has 2 N–H and O–H groups in total. The molecule has 1 heterocycles. The third-order valence-corrected chi connectivity index (χ3v) is 6.42. The summed E-state index contributed by atoms with van der Waals surface area (Å²) in [6, 6.07) is 10.7. The highest BCUT2D eigenvalue weighted by molar-refractivity contribution is 6.41. The molecule has 0 radical (unpaired) electrons. The van der Waals surface area contributed by atoms with Crippen molar-refractivity contribution in [3.63, 3.8) is 0 Å². The van der Waals surface area contributed by atoms with Gasteiger partial charge in [-0.2, -0.15) is 0 Å². The molecular formula is C19H22Cl2N4. The van der Waals surface area contributed by atoms with E-state index in [1.807, 2.05) is 17.7 Å². The standard InChI is InChI=1S/C19H22Cl2N4/c1-22-19(23-9-12-8-16(20)18(21)25(12)2)24-10-15-14-7-11-5-3-4-6-13(11)17(14)15/h3-6,8,14-15,17H,7,9-10H2,1-2H3,(H2,22,23,24). The van der Waals surface area contributed by atoms with E-state index in [4.69, 9.17) is 23.2 Å². The smallest absolute Gasteiger partial charge is 0.191 e. The number of hydrogen-bond donors (Lipinski definition) is 2. The van der Waals surface area contributed by atoms with Gasteiger partial charge in [0.2, 0.25) is 0 Å². The zero-order valence-electron chi connectivity index (χ0n) is 14.4. The van der Waals surface area contributed by atoms with Crippen molar-refractivity contribution < 1.29 is 0 Å². The molecule has 2 aromatic rings. The van der Waals surface area contributed by atoms with Crippen LogP contribution in [0.5, 0.6) is 0 Å². The van der Waals surface area contributed by atoms with Crippen LogP contribution in [0.4, 0.5) is 0 Å². The first kappa shape index (κ1) is 16.8. The van der Waals surface area contributed by atoms with E-state index in [0.29, 0.717) is 22.6 Å². The Kier molecular flexibility index (Phi) is 4.42. The van der Waals surface area contributed by atoms with Crippen molar-refractivity contribution >= 4 is 29.2 Å². The fraction of sp³-hybridized carbons (Fsp3) is 0.421. The molecule has 0 bridgehead atoms. The van der Waals surface area contributed by atoms with Crippen LogP contribution in [-0.2, 0) is 20.0 Å². The molecule has 1 fully saturated rings. The van der Waals surface area contributed by atoms with Crippen molar-refractivity contribution in [2.45, 2.75) is 18.9 Å². The minimum atomic E-state index is 0.561. The van der Waals surface area contributed by atoms with Gasteiger partial charge in [0.05, 0.1) is 11.6 Å². The Morgan fingerprint density at radius 3 is 2.80 bits per heavy atom. The predicted octanol–water partition coefficient (Wildman–Crippen LogP) is 3.58. The van der Waals surface area contributed by atoms with Gasteiger partial charge < -0.3 is 15.2 Å². The van der Waals surface area contributed by atoms with Crippen LogP contribution in [-0.4, -0.2) is 24.1 Å². The number of benzene rings is 1. The van der Waals surface area contributed by atoms with E-state index in [2.05, 4.69) is 39.9 Å². The van der Waals surface area contributed by atoms with Crippen LogP contribution in [0, 0.1) is 11.8 Å². The van der Waals surface area contributed by atoms with Crippen molar-refractivity contribution in [2.75, 3.05) is 13.6 Å². The van der Waals surface area contributed by atoms with Crippen LogP contribution in [0.3, 0.4) is 0 Å². The minimum Gasteiger partial charge on any atom is -0.356 e. The van der Waals surface area contributed by atoms with E-state index in [1.54, 1.807) is 12.6 Å². The number of nitrogens with zero attached hydrogens (tertiary/aromatic N) is 2. The molecule has 4 nitrogen and oxygen atoms in total. The molecule has 1 aromatic heterocycles. The number of halogens is 2. The van der Waals surface area contributed by atoms with E-state index in [9.17, 15) is 0 Å². The fourth-order valence-corrected chi connectivity index (χ4v) is 4.55. The summed E-state index contributed by atoms with van der Waals surface area (Å²) in [4.78, 5) is 4.32. The second-order valence-corrected chi connectivity index (χ2v) is 7.66. The van der Waals surface area contributed by atoms with E-state index < -0.39 is 0 Å². The SMILES string of the molecule is CN=C(NCc1cc(Cl)c(Cl)n1C)NCC1C2Cc3ccccc3C12. The lowest BCUT2D eigenvalue weighted by Gasteiger charge is -2.14. The molecule has 4 rings (SSSR count). The first-order chi connectivity index (χ1) is 12.1. The van der Waals surface area contributed by atoms with Gasteiger partial charge in [-0.1, -0.05) is 47.5 Å². The first-order valence-corrected chi connectivity index (χ1v) is 9.37. The number of guanidine groups is 1. The number of hydrogen-bond acceptors (Lipinski definition) is 1. The third kappa shape index (κ3) is 3.02. The number of aromatic nitrogens is 1. The van der Waals surface area contributed by atoms with Gasteiger partial charge in [-0.3, -0.25) is 4.99 Å². The Hall–Kier alpha value is -1.65. The topological polar surface area (TPSA) is 41.4 Å². The van der Waals surface area contributed by atoms with Crippen LogP contribution in [0.15, 0.2) is 35.3 Å². The van der Waals surface area contributed by atoms with Crippen LogP contribution in [0.25, 0.3) is 0 Å². The Labute approximate surface area is 158 Å². The molecule has 2 aliphatic rings. The van der Waals surface area contributed by atoms with Crippen LogP contribution < -0.4 is 10.6 Å². The third-order valence-electron chi connectivity index (χ3n) is 5.58. The molecule has 2 aliphatic carbocycles. The van der Waals surface area contributed by atoms with Gasteiger partial charge in [-0.15, -0.1) is 0 Å². The molecule has 132 valence electrons. The maximum absolute atomic E-state index is 6.11. The van der Waals surface area contributed by atoms with Gasteiger partial charge in [0.1, 0.15) is 5.15 Å². The molecule has 1 saturated carbocycles. The van der Waals surface area contributed by atoms with Gasteiger partial charge in [0, 0.05) is 26.3 Å². The van der Waals surface area contributed by atoms with Gasteiger partial charge in [0.25, 0.3) is 0 Å². The fourth-order valence-electron chi connectivity index (χ4n) is 4.13. The average molecular weight is 377 g/mol. The molecule has 1 aromatic carbocycles. The summed E-state index contributed by atoms with van der Waals surface area (Å²) in [5, 5.41) is 7.94. The number of fused-ring (bicyclic) bond motifs is 3. The second-order valence-electron chi connectivity index (χ2n) is 6.90. The van der Waals surface area contributed by atoms with Gasteiger partial charge in [-0.25, -0.2) is 0 Å². The van der Waals surface area contributed by atoms with Crippen molar-refractivity contribution in [3.05, 3.63) is 57.3 Å². The molecule has 25 heavy (non-hydrogen) atoms. The van der Waals surface area contributed by atoms with E-state index >= 15 is 0 Å². The minimum absolute atomic E-state index is 0.561. The lowest BCUT2D eigenvalue weighted by Crippen LogP contribution is -2.38. The molecule has 0 aliphatic heterocycles. The van der Waals surface area contributed by atoms with Crippen LogP contribution in [0.1, 0.15) is 22.7 Å². The summed E-state index contributed by atoms with van der Waals surface area (Å²) < 4.78 is 1.88. The summed E-state index contributed by atoms with van der Waals surface area (Å²) >= 11 is 12.2. The first-order valence-electron chi connectivity index (χ1n) is 8.62. The van der Waals surface area contributed by atoms with Gasteiger partial charge in [-0.05, 0) is 41.4 Å². The zero-order valence-corrected chi connectivity index (χ0v) is 15.9. The maximum atomic E-state index is 6.11. The second kappa shape index (κ2) is 6.58. The lowest BCUT2D eigenvalue weighted by molar-refractivity contribution is 0.651. The Balaban J connectivity index is 1.30. The van der Waals surface area contributed by atoms with E-state index in [-0.39, 0.29) is 0 Å². The zero-order chi connectivity index (χ0) is 17.6. The van der Waals surface area contributed by atoms with E-state index in [0.717, 1.165) is 30.0 Å². The quantitative estimate of drug-likeness (QED) is 0.632.